The lowest BCUT2D eigenvalue weighted by atomic mass is 10.0. The van der Waals surface area contributed by atoms with Crippen LogP contribution < -0.4 is 10.1 Å². The second-order valence-electron chi connectivity index (χ2n) is 5.15. The van der Waals surface area contributed by atoms with Gasteiger partial charge in [0.25, 0.3) is 0 Å². The number of thiophene rings is 1. The van der Waals surface area contributed by atoms with E-state index >= 15 is 0 Å². The minimum absolute atomic E-state index is 0.221. The summed E-state index contributed by atoms with van der Waals surface area (Å²) in [5.74, 6) is 0.911. The summed E-state index contributed by atoms with van der Waals surface area (Å²) < 4.78 is 6.73. The Morgan fingerprint density at radius 1 is 1.29 bits per heavy atom. The second kappa shape index (κ2) is 7.43. The highest BCUT2D eigenvalue weighted by atomic mass is 79.9. The summed E-state index contributed by atoms with van der Waals surface area (Å²) in [6, 6.07) is 8.83. The smallest absolute Gasteiger partial charge is 0.133 e. The summed E-state index contributed by atoms with van der Waals surface area (Å²) in [4.78, 5) is 2.73. The first-order chi connectivity index (χ1) is 10.1. The molecule has 0 aliphatic carbocycles. The van der Waals surface area contributed by atoms with Gasteiger partial charge in [0.05, 0.1) is 17.1 Å². The van der Waals surface area contributed by atoms with Gasteiger partial charge >= 0.3 is 0 Å². The average molecular weight is 368 g/mol. The third-order valence-corrected chi connectivity index (χ3v) is 5.35. The van der Waals surface area contributed by atoms with E-state index in [0.717, 1.165) is 23.2 Å². The first-order valence-electron chi connectivity index (χ1n) is 7.23. The fraction of sp³-hybridized carbons (Fsp3) is 0.412. The van der Waals surface area contributed by atoms with E-state index in [1.807, 2.05) is 24.5 Å². The number of nitrogens with one attached hydrogen (secondary N) is 1. The molecule has 0 fully saturated rings. The molecule has 0 aliphatic heterocycles. The third-order valence-electron chi connectivity index (χ3n) is 3.51. The quantitative estimate of drug-likeness (QED) is 0.754. The number of hydrogen-bond donors (Lipinski definition) is 1. The standard InChI is InChI=1S/C17H22BrNOS/c1-5-8-20-15-7-6-13(10-14(15)18)17(19-4)16-9-11(2)12(3)21-16/h6-7,9-10,17,19H,5,8H2,1-4H3. The maximum Gasteiger partial charge on any atom is 0.133 e. The zero-order valence-corrected chi connectivity index (χ0v) is 15.4. The lowest BCUT2D eigenvalue weighted by molar-refractivity contribution is 0.315. The highest BCUT2D eigenvalue weighted by molar-refractivity contribution is 9.10. The Morgan fingerprint density at radius 2 is 2.05 bits per heavy atom. The van der Waals surface area contributed by atoms with Crippen molar-refractivity contribution in [1.82, 2.24) is 5.32 Å². The Bertz CT molecular complexity index is 589. The highest BCUT2D eigenvalue weighted by Crippen LogP contribution is 2.34. The zero-order chi connectivity index (χ0) is 15.4. The summed E-state index contributed by atoms with van der Waals surface area (Å²) in [6.07, 6.45) is 1.01. The lowest BCUT2D eigenvalue weighted by Crippen LogP contribution is -2.16. The van der Waals surface area contributed by atoms with Crippen molar-refractivity contribution in [3.8, 4) is 5.75 Å². The third kappa shape index (κ3) is 3.87. The van der Waals surface area contributed by atoms with Crippen LogP contribution in [0.4, 0.5) is 0 Å². The van der Waals surface area contributed by atoms with Crippen molar-refractivity contribution in [3.63, 3.8) is 0 Å². The molecule has 0 radical (unpaired) electrons. The van der Waals surface area contributed by atoms with Crippen molar-refractivity contribution in [3.05, 3.63) is 49.6 Å². The van der Waals surface area contributed by atoms with E-state index in [2.05, 4.69) is 60.2 Å². The molecule has 114 valence electrons. The molecule has 1 heterocycles. The van der Waals surface area contributed by atoms with E-state index in [-0.39, 0.29) is 6.04 Å². The highest BCUT2D eigenvalue weighted by Gasteiger charge is 2.16. The van der Waals surface area contributed by atoms with Crippen molar-refractivity contribution in [2.24, 2.45) is 0 Å². The fourth-order valence-corrected chi connectivity index (χ4v) is 3.93. The van der Waals surface area contributed by atoms with Crippen molar-refractivity contribution in [2.45, 2.75) is 33.2 Å². The summed E-state index contributed by atoms with van der Waals surface area (Å²) >= 11 is 5.47. The number of ether oxygens (including phenoxy) is 1. The Balaban J connectivity index is 2.28. The SMILES string of the molecule is CCCOc1ccc(C(NC)c2cc(C)c(C)s2)cc1Br. The van der Waals surface area contributed by atoms with Crippen molar-refractivity contribution < 1.29 is 4.74 Å². The molecule has 1 atom stereocenters. The van der Waals surface area contributed by atoms with Gasteiger partial charge in [-0.25, -0.2) is 0 Å². The predicted molar refractivity (Wildman–Crippen MR) is 94.6 cm³/mol. The molecule has 0 spiro atoms. The Kier molecular flexibility index (Phi) is 5.85. The van der Waals surface area contributed by atoms with Gasteiger partial charge in [-0.1, -0.05) is 13.0 Å². The van der Waals surface area contributed by atoms with Crippen molar-refractivity contribution in [1.29, 1.82) is 0 Å². The predicted octanol–water partition coefficient (Wildman–Crippen LogP) is 5.23. The molecule has 1 aromatic carbocycles. The van der Waals surface area contributed by atoms with Gasteiger partial charge in [-0.2, -0.15) is 0 Å². The zero-order valence-electron chi connectivity index (χ0n) is 13.0. The molecule has 0 bridgehead atoms. The van der Waals surface area contributed by atoms with Gasteiger partial charge in [-0.3, -0.25) is 0 Å². The van der Waals surface area contributed by atoms with Gasteiger partial charge < -0.3 is 10.1 Å². The molecule has 0 saturated heterocycles. The monoisotopic (exact) mass is 367 g/mol. The van der Waals surface area contributed by atoms with Gasteiger partial charge in [0, 0.05) is 9.75 Å². The number of benzene rings is 1. The molecule has 4 heteroatoms. The van der Waals surface area contributed by atoms with Crippen LogP contribution in [0.25, 0.3) is 0 Å². The Labute approximate surface area is 139 Å². The van der Waals surface area contributed by atoms with Crippen LogP contribution >= 0.6 is 27.3 Å². The number of rotatable bonds is 6. The van der Waals surface area contributed by atoms with E-state index in [9.17, 15) is 0 Å². The fourth-order valence-electron chi connectivity index (χ4n) is 2.24. The summed E-state index contributed by atoms with van der Waals surface area (Å²) in [6.45, 7) is 7.20. The van der Waals surface area contributed by atoms with Crippen LogP contribution in [0.1, 0.15) is 40.3 Å². The van der Waals surface area contributed by atoms with Crippen LogP contribution in [-0.4, -0.2) is 13.7 Å². The van der Waals surface area contributed by atoms with Crippen LogP contribution in [0, 0.1) is 13.8 Å². The topological polar surface area (TPSA) is 21.3 Å². The number of hydrogen-bond acceptors (Lipinski definition) is 3. The summed E-state index contributed by atoms with van der Waals surface area (Å²) in [7, 11) is 2.00. The van der Waals surface area contributed by atoms with E-state index in [1.165, 1.54) is 20.9 Å². The minimum atomic E-state index is 0.221. The minimum Gasteiger partial charge on any atom is -0.492 e. The Hall–Kier alpha value is -0.840. The molecule has 1 unspecified atom stereocenters. The van der Waals surface area contributed by atoms with Crippen LogP contribution in [-0.2, 0) is 0 Å². The molecule has 0 amide bonds. The number of halogens is 1. The molecule has 2 rings (SSSR count). The molecular formula is C17H22BrNOS. The molecule has 0 saturated carbocycles. The normalized spacial score (nSPS) is 12.4. The lowest BCUT2D eigenvalue weighted by Gasteiger charge is -2.17. The van der Waals surface area contributed by atoms with Gasteiger partial charge in [-0.15, -0.1) is 11.3 Å². The summed E-state index contributed by atoms with van der Waals surface area (Å²) in [5, 5.41) is 3.41. The van der Waals surface area contributed by atoms with Crippen molar-refractivity contribution >= 4 is 27.3 Å². The average Bonchev–Trinajstić information content (AvgIpc) is 2.78. The number of aryl methyl sites for hydroxylation is 2. The molecule has 0 aliphatic rings. The van der Waals surface area contributed by atoms with E-state index in [4.69, 9.17) is 4.74 Å². The summed E-state index contributed by atoms with van der Waals surface area (Å²) in [5.41, 5.74) is 2.60. The van der Waals surface area contributed by atoms with Gasteiger partial charge in [-0.05, 0) is 72.6 Å². The van der Waals surface area contributed by atoms with Gasteiger partial charge in [0.15, 0.2) is 0 Å². The maximum absolute atomic E-state index is 5.72. The molecule has 21 heavy (non-hydrogen) atoms. The van der Waals surface area contributed by atoms with E-state index < -0.39 is 0 Å². The largest absolute Gasteiger partial charge is 0.492 e. The molecule has 2 nitrogen and oxygen atoms in total. The first-order valence-corrected chi connectivity index (χ1v) is 8.84. The van der Waals surface area contributed by atoms with Gasteiger partial charge in [0.2, 0.25) is 0 Å². The van der Waals surface area contributed by atoms with Crippen LogP contribution in [0.2, 0.25) is 0 Å². The second-order valence-corrected chi connectivity index (χ2v) is 7.29. The molecule has 2 aromatic rings. The maximum atomic E-state index is 5.72. The molecule has 1 N–H and O–H groups in total. The first kappa shape index (κ1) is 16.5. The van der Waals surface area contributed by atoms with Crippen LogP contribution in [0.5, 0.6) is 5.75 Å². The van der Waals surface area contributed by atoms with Crippen molar-refractivity contribution in [2.75, 3.05) is 13.7 Å². The van der Waals surface area contributed by atoms with E-state index in [0.29, 0.717) is 0 Å². The van der Waals surface area contributed by atoms with Gasteiger partial charge in [0.1, 0.15) is 5.75 Å². The Morgan fingerprint density at radius 3 is 2.57 bits per heavy atom. The van der Waals surface area contributed by atoms with Crippen LogP contribution in [0.15, 0.2) is 28.7 Å². The van der Waals surface area contributed by atoms with Crippen LogP contribution in [0.3, 0.4) is 0 Å². The molecule has 1 aromatic heterocycles. The molecular weight excluding hydrogens is 346 g/mol. The van der Waals surface area contributed by atoms with E-state index in [1.54, 1.807) is 0 Å².